The van der Waals surface area contributed by atoms with Gasteiger partial charge in [0, 0.05) is 18.4 Å². The molecule has 1 fully saturated rings. The number of urea groups is 1. The molecule has 0 saturated carbocycles. The van der Waals surface area contributed by atoms with Gasteiger partial charge in [-0.15, -0.1) is 0 Å². The molecule has 9 nitrogen and oxygen atoms in total. The highest BCUT2D eigenvalue weighted by Gasteiger charge is 2.39. The summed E-state index contributed by atoms with van der Waals surface area (Å²) in [6.45, 7) is 2.21. The third-order valence-corrected chi connectivity index (χ3v) is 7.39. The fraction of sp³-hybridized carbons (Fsp3) is 0.323. The van der Waals surface area contributed by atoms with Gasteiger partial charge in [0.25, 0.3) is 5.91 Å². The van der Waals surface area contributed by atoms with E-state index in [-0.39, 0.29) is 49.1 Å². The zero-order valence-corrected chi connectivity index (χ0v) is 22.6. The van der Waals surface area contributed by atoms with Crippen molar-refractivity contribution in [2.75, 3.05) is 24.3 Å². The van der Waals surface area contributed by atoms with Crippen molar-refractivity contribution >= 4 is 29.2 Å². The maximum atomic E-state index is 13.5. The number of nitrogens with zero attached hydrogens (tertiary/aromatic N) is 1. The van der Waals surface area contributed by atoms with Crippen LogP contribution in [0.25, 0.3) is 0 Å². The molecule has 1 saturated heterocycles. The number of rotatable bonds is 6. The minimum atomic E-state index is -0.410. The Kier molecular flexibility index (Phi) is 8.31. The summed E-state index contributed by atoms with van der Waals surface area (Å²) in [5, 5.41) is 8.59. The van der Waals surface area contributed by atoms with Gasteiger partial charge in [-0.25, -0.2) is 4.79 Å². The van der Waals surface area contributed by atoms with E-state index in [4.69, 9.17) is 9.47 Å². The summed E-state index contributed by atoms with van der Waals surface area (Å²) in [6, 6.07) is 23.2. The molecule has 2 aliphatic heterocycles. The van der Waals surface area contributed by atoms with Crippen molar-refractivity contribution in [1.82, 2.24) is 10.2 Å². The van der Waals surface area contributed by atoms with Gasteiger partial charge in [-0.05, 0) is 55.7 Å². The van der Waals surface area contributed by atoms with Crippen LogP contribution in [0.4, 0.5) is 16.2 Å². The smallest absolute Gasteiger partial charge is 0.323 e. The van der Waals surface area contributed by atoms with Crippen LogP contribution in [-0.2, 0) is 9.53 Å². The van der Waals surface area contributed by atoms with Gasteiger partial charge in [0.05, 0.1) is 30.2 Å². The number of fused-ring (bicyclic) bond motifs is 2. The number of carbonyl (C=O) groups excluding carboxylic acids is 3. The third-order valence-electron chi connectivity index (χ3n) is 7.39. The Morgan fingerprint density at radius 3 is 2.40 bits per heavy atom. The molecule has 2 heterocycles. The molecule has 9 heteroatoms. The summed E-state index contributed by atoms with van der Waals surface area (Å²) in [6.07, 6.45) is 0.962. The molecule has 0 radical (unpaired) electrons. The number of benzene rings is 3. The first-order valence-electron chi connectivity index (χ1n) is 13.5. The van der Waals surface area contributed by atoms with E-state index in [1.54, 1.807) is 42.3 Å². The van der Waals surface area contributed by atoms with E-state index in [0.717, 1.165) is 5.56 Å². The second kappa shape index (κ2) is 12.2. The van der Waals surface area contributed by atoms with Crippen molar-refractivity contribution in [3.05, 3.63) is 90.0 Å². The summed E-state index contributed by atoms with van der Waals surface area (Å²) in [4.78, 5) is 40.4. The van der Waals surface area contributed by atoms with Crippen LogP contribution in [0.1, 0.15) is 48.1 Å². The largest absolute Gasteiger partial charge is 0.490 e. The van der Waals surface area contributed by atoms with E-state index in [9.17, 15) is 14.4 Å². The Hall–Kier alpha value is -4.37. The predicted octanol–water partition coefficient (Wildman–Crippen LogP) is 4.98. The molecule has 5 rings (SSSR count). The number of carbonyl (C=O) groups is 3. The van der Waals surface area contributed by atoms with Crippen molar-refractivity contribution in [3.8, 4) is 5.75 Å². The van der Waals surface area contributed by atoms with Crippen LogP contribution in [0.15, 0.2) is 78.9 Å². The zero-order chi connectivity index (χ0) is 28.1. The number of ether oxygens (including phenoxy) is 2. The maximum Gasteiger partial charge on any atom is 0.323 e. The lowest BCUT2D eigenvalue weighted by Gasteiger charge is -2.42. The van der Waals surface area contributed by atoms with E-state index in [2.05, 4.69) is 16.0 Å². The van der Waals surface area contributed by atoms with Gasteiger partial charge in [0.1, 0.15) is 18.5 Å². The second-order valence-corrected chi connectivity index (χ2v) is 10.2. The van der Waals surface area contributed by atoms with Gasteiger partial charge in [0.2, 0.25) is 5.91 Å². The Labute approximate surface area is 233 Å². The number of hydrogen-bond donors (Lipinski definition) is 3. The predicted molar refractivity (Wildman–Crippen MR) is 152 cm³/mol. The standard InChI is InChI=1S/C31H34N4O5/c1-20(21-9-5-3-6-10-21)32-29(36)18-24-14-15-26-28(40-24)19-39-27-16-13-23(17-25(27)30(37)35(26)2)34-31(38)33-22-11-7-4-8-12-22/h3-13,16-17,20,24,26,28H,14-15,18-19H2,1-2H3,(H,32,36)(H2,33,34,38)/t20-,24+,26-,28+/m0/s1. The lowest BCUT2D eigenvalue weighted by atomic mass is 9.94. The number of anilines is 2. The monoisotopic (exact) mass is 542 g/mol. The molecule has 208 valence electrons. The quantitative estimate of drug-likeness (QED) is 0.407. The lowest BCUT2D eigenvalue weighted by molar-refractivity contribution is -0.134. The molecule has 4 atom stereocenters. The summed E-state index contributed by atoms with van der Waals surface area (Å²) in [5.74, 6) is 0.135. The fourth-order valence-electron chi connectivity index (χ4n) is 5.25. The zero-order valence-electron chi connectivity index (χ0n) is 22.6. The molecule has 0 spiro atoms. The van der Waals surface area contributed by atoms with Crippen molar-refractivity contribution in [1.29, 1.82) is 0 Å². The first-order valence-corrected chi connectivity index (χ1v) is 13.5. The van der Waals surface area contributed by atoms with Crippen molar-refractivity contribution in [3.63, 3.8) is 0 Å². The van der Waals surface area contributed by atoms with E-state index < -0.39 is 6.03 Å². The number of amides is 4. The Morgan fingerprint density at radius 1 is 0.950 bits per heavy atom. The van der Waals surface area contributed by atoms with Gasteiger partial charge in [-0.2, -0.15) is 0 Å². The average Bonchev–Trinajstić information content (AvgIpc) is 2.96. The molecule has 3 aromatic carbocycles. The highest BCUT2D eigenvalue weighted by atomic mass is 16.5. The van der Waals surface area contributed by atoms with Crippen LogP contribution in [0, 0.1) is 0 Å². The molecule has 4 amide bonds. The Balaban J connectivity index is 1.21. The fourth-order valence-corrected chi connectivity index (χ4v) is 5.25. The van der Waals surface area contributed by atoms with E-state index in [0.29, 0.717) is 35.5 Å². The normalized spacial score (nSPS) is 21.0. The minimum Gasteiger partial charge on any atom is -0.490 e. The first kappa shape index (κ1) is 27.2. The molecule has 40 heavy (non-hydrogen) atoms. The van der Waals surface area contributed by atoms with Crippen LogP contribution in [-0.4, -0.2) is 54.6 Å². The molecular formula is C31H34N4O5. The average molecular weight is 543 g/mol. The molecule has 0 aliphatic carbocycles. The first-order chi connectivity index (χ1) is 19.4. The number of nitrogens with one attached hydrogen (secondary N) is 3. The summed E-state index contributed by atoms with van der Waals surface area (Å²) in [5.41, 5.74) is 2.55. The molecule has 0 aromatic heterocycles. The van der Waals surface area contributed by atoms with E-state index >= 15 is 0 Å². The van der Waals surface area contributed by atoms with E-state index in [1.807, 2.05) is 55.5 Å². The Bertz CT molecular complexity index is 1350. The molecule has 3 N–H and O–H groups in total. The molecule has 2 aliphatic rings. The van der Waals surface area contributed by atoms with Gasteiger partial charge in [-0.3, -0.25) is 9.59 Å². The van der Waals surface area contributed by atoms with Crippen LogP contribution < -0.4 is 20.7 Å². The maximum absolute atomic E-state index is 13.5. The van der Waals surface area contributed by atoms with Crippen molar-refractivity contribution < 1.29 is 23.9 Å². The Morgan fingerprint density at radius 2 is 1.65 bits per heavy atom. The van der Waals surface area contributed by atoms with Crippen LogP contribution in [0.3, 0.4) is 0 Å². The van der Waals surface area contributed by atoms with Crippen molar-refractivity contribution in [2.24, 2.45) is 0 Å². The summed E-state index contributed by atoms with van der Waals surface area (Å²) < 4.78 is 12.4. The molecule has 0 unspecified atom stereocenters. The highest BCUT2D eigenvalue weighted by molar-refractivity contribution is 6.02. The lowest BCUT2D eigenvalue weighted by Crippen LogP contribution is -2.54. The van der Waals surface area contributed by atoms with Gasteiger partial charge >= 0.3 is 6.03 Å². The topological polar surface area (TPSA) is 109 Å². The molecule has 3 aromatic rings. The summed E-state index contributed by atoms with van der Waals surface area (Å²) >= 11 is 0. The van der Waals surface area contributed by atoms with Gasteiger partial charge in [0.15, 0.2) is 0 Å². The SMILES string of the molecule is C[C@H](NC(=O)C[C@H]1CC[C@H]2[C@@H](COc3ccc(NC(=O)Nc4ccccc4)cc3C(=O)N2C)O1)c1ccccc1. The summed E-state index contributed by atoms with van der Waals surface area (Å²) in [7, 11) is 1.76. The van der Waals surface area contributed by atoms with Gasteiger partial charge in [-0.1, -0.05) is 48.5 Å². The molecule has 0 bridgehead atoms. The van der Waals surface area contributed by atoms with Gasteiger partial charge < -0.3 is 30.3 Å². The number of para-hydroxylation sites is 1. The minimum absolute atomic E-state index is 0.0716. The van der Waals surface area contributed by atoms with E-state index in [1.165, 1.54) is 0 Å². The highest BCUT2D eigenvalue weighted by Crippen LogP contribution is 2.32. The number of hydrogen-bond acceptors (Lipinski definition) is 5. The molecular weight excluding hydrogens is 508 g/mol. The second-order valence-electron chi connectivity index (χ2n) is 10.2. The van der Waals surface area contributed by atoms with Crippen LogP contribution >= 0.6 is 0 Å². The van der Waals surface area contributed by atoms with Crippen LogP contribution in [0.2, 0.25) is 0 Å². The number of likely N-dealkylation sites (N-methyl/N-ethyl adjacent to an activating group) is 1. The van der Waals surface area contributed by atoms with Crippen molar-refractivity contribution in [2.45, 2.75) is 50.5 Å². The third kappa shape index (κ3) is 6.43. The van der Waals surface area contributed by atoms with Crippen LogP contribution in [0.5, 0.6) is 5.75 Å².